The summed E-state index contributed by atoms with van der Waals surface area (Å²) >= 11 is 0. The van der Waals surface area contributed by atoms with Gasteiger partial charge in [-0.05, 0) is 38.4 Å². The molecule has 0 saturated carbocycles. The molecule has 0 radical (unpaired) electrons. The highest BCUT2D eigenvalue weighted by Crippen LogP contribution is 2.07. The van der Waals surface area contributed by atoms with E-state index in [2.05, 4.69) is 10.6 Å². The third-order valence-corrected chi connectivity index (χ3v) is 2.61. The first-order valence-electron chi connectivity index (χ1n) is 5.32. The lowest BCUT2D eigenvalue weighted by Crippen LogP contribution is -2.39. The Morgan fingerprint density at radius 2 is 2.53 bits per heavy atom. The summed E-state index contributed by atoms with van der Waals surface area (Å²) in [4.78, 5) is 11.6. The van der Waals surface area contributed by atoms with Crippen molar-refractivity contribution < 1.29 is 9.21 Å². The van der Waals surface area contributed by atoms with Crippen LogP contribution in [0, 0.1) is 6.92 Å². The number of carbonyl (C=O) groups excluding carboxylic acids is 1. The molecule has 1 aliphatic rings. The molecule has 1 aliphatic heterocycles. The number of nitrogens with one attached hydrogen (secondary N) is 2. The summed E-state index contributed by atoms with van der Waals surface area (Å²) in [6.07, 6.45) is 2.01. The zero-order chi connectivity index (χ0) is 10.7. The van der Waals surface area contributed by atoms with Gasteiger partial charge in [0, 0.05) is 0 Å². The fourth-order valence-electron chi connectivity index (χ4n) is 1.79. The van der Waals surface area contributed by atoms with Crippen LogP contribution in [0.3, 0.4) is 0 Å². The van der Waals surface area contributed by atoms with Gasteiger partial charge in [0.25, 0.3) is 0 Å². The van der Waals surface area contributed by atoms with Crippen LogP contribution in [0.25, 0.3) is 0 Å². The SMILES string of the molecule is Cc1ccc(CNC(=O)[C@H]2CCCN2)o1. The minimum atomic E-state index is -0.0129. The highest BCUT2D eigenvalue weighted by atomic mass is 16.3. The van der Waals surface area contributed by atoms with Gasteiger partial charge in [-0.2, -0.15) is 0 Å². The van der Waals surface area contributed by atoms with Crippen molar-refractivity contribution in [2.75, 3.05) is 6.54 Å². The summed E-state index contributed by atoms with van der Waals surface area (Å²) in [5, 5.41) is 6.01. The smallest absolute Gasteiger partial charge is 0.237 e. The van der Waals surface area contributed by atoms with E-state index in [4.69, 9.17) is 4.42 Å². The molecule has 0 aromatic carbocycles. The third kappa shape index (κ3) is 2.59. The largest absolute Gasteiger partial charge is 0.465 e. The van der Waals surface area contributed by atoms with Crippen LogP contribution in [0.4, 0.5) is 0 Å². The molecule has 4 nitrogen and oxygen atoms in total. The number of hydrogen-bond acceptors (Lipinski definition) is 3. The molecule has 0 spiro atoms. The molecule has 0 unspecified atom stereocenters. The number of furan rings is 1. The second kappa shape index (κ2) is 4.49. The van der Waals surface area contributed by atoms with Crippen molar-refractivity contribution in [1.29, 1.82) is 0 Å². The van der Waals surface area contributed by atoms with E-state index in [-0.39, 0.29) is 11.9 Å². The van der Waals surface area contributed by atoms with Gasteiger partial charge in [-0.1, -0.05) is 0 Å². The molecular weight excluding hydrogens is 192 g/mol. The number of hydrogen-bond donors (Lipinski definition) is 2. The second-order valence-electron chi connectivity index (χ2n) is 3.88. The van der Waals surface area contributed by atoms with E-state index in [1.54, 1.807) is 0 Å². The van der Waals surface area contributed by atoms with Gasteiger partial charge in [-0.15, -0.1) is 0 Å². The molecule has 1 aromatic heterocycles. The minimum Gasteiger partial charge on any atom is -0.465 e. The van der Waals surface area contributed by atoms with Crippen molar-refractivity contribution in [3.05, 3.63) is 23.7 Å². The van der Waals surface area contributed by atoms with Crippen molar-refractivity contribution >= 4 is 5.91 Å². The number of carbonyl (C=O) groups is 1. The summed E-state index contributed by atoms with van der Waals surface area (Å²) in [6.45, 7) is 3.31. The maximum atomic E-state index is 11.6. The first kappa shape index (κ1) is 10.2. The molecule has 1 atom stereocenters. The van der Waals surface area contributed by atoms with Gasteiger partial charge in [0.1, 0.15) is 11.5 Å². The predicted molar refractivity (Wildman–Crippen MR) is 56.3 cm³/mol. The summed E-state index contributed by atoms with van der Waals surface area (Å²) in [5.74, 6) is 1.75. The molecule has 0 aliphatic carbocycles. The number of amides is 1. The standard InChI is InChI=1S/C11H16N2O2/c1-8-4-5-9(15-8)7-13-11(14)10-3-2-6-12-10/h4-5,10,12H,2-3,6-7H2,1H3,(H,13,14)/t10-/m1/s1. The van der Waals surface area contributed by atoms with Gasteiger partial charge in [0.05, 0.1) is 12.6 Å². The van der Waals surface area contributed by atoms with Crippen LogP contribution < -0.4 is 10.6 Å². The Hall–Kier alpha value is -1.29. The topological polar surface area (TPSA) is 54.3 Å². The van der Waals surface area contributed by atoms with Crippen molar-refractivity contribution in [2.45, 2.75) is 32.4 Å². The fourth-order valence-corrected chi connectivity index (χ4v) is 1.79. The van der Waals surface area contributed by atoms with Crippen LogP contribution in [-0.2, 0) is 11.3 Å². The van der Waals surface area contributed by atoms with Gasteiger partial charge in [0.2, 0.25) is 5.91 Å². The molecule has 15 heavy (non-hydrogen) atoms. The Morgan fingerprint density at radius 3 is 3.13 bits per heavy atom. The highest BCUT2D eigenvalue weighted by molar-refractivity contribution is 5.81. The lowest BCUT2D eigenvalue weighted by molar-refractivity contribution is -0.123. The summed E-state index contributed by atoms with van der Waals surface area (Å²) in [7, 11) is 0. The van der Waals surface area contributed by atoms with Crippen LogP contribution in [0.5, 0.6) is 0 Å². The zero-order valence-electron chi connectivity index (χ0n) is 8.88. The van der Waals surface area contributed by atoms with Crippen molar-refractivity contribution in [1.82, 2.24) is 10.6 Å². The van der Waals surface area contributed by atoms with Gasteiger partial charge in [-0.3, -0.25) is 4.79 Å². The number of aryl methyl sites for hydroxylation is 1. The molecule has 4 heteroatoms. The van der Waals surface area contributed by atoms with Gasteiger partial charge >= 0.3 is 0 Å². The predicted octanol–water partition coefficient (Wildman–Crippen LogP) is 0.956. The van der Waals surface area contributed by atoms with Gasteiger partial charge in [-0.25, -0.2) is 0 Å². The molecule has 2 heterocycles. The molecule has 1 aromatic rings. The molecular formula is C11H16N2O2. The van der Waals surface area contributed by atoms with Crippen LogP contribution in [0.15, 0.2) is 16.5 Å². The van der Waals surface area contributed by atoms with Crippen molar-refractivity contribution in [3.8, 4) is 0 Å². The molecule has 82 valence electrons. The lowest BCUT2D eigenvalue weighted by Gasteiger charge is -2.09. The maximum absolute atomic E-state index is 11.6. The van der Waals surface area contributed by atoms with Crippen LogP contribution >= 0.6 is 0 Å². The van der Waals surface area contributed by atoms with Crippen molar-refractivity contribution in [3.63, 3.8) is 0 Å². The summed E-state index contributed by atoms with van der Waals surface area (Å²) in [5.41, 5.74) is 0. The van der Waals surface area contributed by atoms with Crippen molar-refractivity contribution in [2.24, 2.45) is 0 Å². The van der Waals surface area contributed by atoms with Crippen LogP contribution in [0.1, 0.15) is 24.4 Å². The molecule has 1 amide bonds. The van der Waals surface area contributed by atoms with Crippen LogP contribution in [0.2, 0.25) is 0 Å². The monoisotopic (exact) mass is 208 g/mol. The van der Waals surface area contributed by atoms with Gasteiger partial charge < -0.3 is 15.1 Å². The van der Waals surface area contributed by atoms with E-state index >= 15 is 0 Å². The zero-order valence-corrected chi connectivity index (χ0v) is 8.88. The third-order valence-electron chi connectivity index (χ3n) is 2.61. The van der Waals surface area contributed by atoms with E-state index in [9.17, 15) is 4.79 Å². The first-order chi connectivity index (χ1) is 7.25. The van der Waals surface area contributed by atoms with E-state index < -0.39 is 0 Å². The molecule has 2 N–H and O–H groups in total. The minimum absolute atomic E-state index is 0.0129. The Bertz CT molecular complexity index is 340. The average molecular weight is 208 g/mol. The summed E-state index contributed by atoms with van der Waals surface area (Å²) in [6, 6.07) is 3.77. The van der Waals surface area contributed by atoms with E-state index in [0.29, 0.717) is 6.54 Å². The highest BCUT2D eigenvalue weighted by Gasteiger charge is 2.21. The Morgan fingerprint density at radius 1 is 1.67 bits per heavy atom. The summed E-state index contributed by atoms with van der Waals surface area (Å²) < 4.78 is 5.36. The molecule has 1 fully saturated rings. The average Bonchev–Trinajstić information content (AvgIpc) is 2.84. The first-order valence-corrected chi connectivity index (χ1v) is 5.32. The second-order valence-corrected chi connectivity index (χ2v) is 3.88. The Labute approximate surface area is 89.0 Å². The fraction of sp³-hybridized carbons (Fsp3) is 0.545. The molecule has 0 bridgehead atoms. The molecule has 1 saturated heterocycles. The lowest BCUT2D eigenvalue weighted by atomic mass is 10.2. The van der Waals surface area contributed by atoms with E-state index in [1.807, 2.05) is 19.1 Å². The Kier molecular flexibility index (Phi) is 3.06. The quantitative estimate of drug-likeness (QED) is 0.777. The van der Waals surface area contributed by atoms with Crippen LogP contribution in [-0.4, -0.2) is 18.5 Å². The Balaban J connectivity index is 1.80. The van der Waals surface area contributed by atoms with Gasteiger partial charge in [0.15, 0.2) is 0 Å². The normalized spacial score (nSPS) is 20.5. The maximum Gasteiger partial charge on any atom is 0.237 e. The van der Waals surface area contributed by atoms with E-state index in [1.165, 1.54) is 0 Å². The van der Waals surface area contributed by atoms with E-state index in [0.717, 1.165) is 30.9 Å². The molecule has 2 rings (SSSR count). The number of rotatable bonds is 3.